The fourth-order valence-corrected chi connectivity index (χ4v) is 1.99. The Morgan fingerprint density at radius 3 is 2.73 bits per heavy atom. The first-order valence-corrected chi connectivity index (χ1v) is 5.72. The summed E-state index contributed by atoms with van der Waals surface area (Å²) in [6, 6.07) is 8.20. The van der Waals surface area contributed by atoms with E-state index in [0.717, 1.165) is 18.0 Å². The summed E-state index contributed by atoms with van der Waals surface area (Å²) >= 11 is 5.97. The minimum Gasteiger partial charge on any atom is -0.329 e. The number of hydrogen-bond donors (Lipinski definition) is 1. The molecule has 0 aliphatic rings. The second-order valence-corrected chi connectivity index (χ2v) is 4.22. The van der Waals surface area contributed by atoms with Crippen molar-refractivity contribution in [2.45, 2.75) is 19.4 Å². The average molecular weight is 227 g/mol. The highest BCUT2D eigenvalue weighted by Gasteiger charge is 2.14. The summed E-state index contributed by atoms with van der Waals surface area (Å²) in [6.07, 6.45) is 1.13. The van der Waals surface area contributed by atoms with Gasteiger partial charge in [-0.25, -0.2) is 0 Å². The maximum absolute atomic E-state index is 5.97. The van der Waals surface area contributed by atoms with Crippen LogP contribution in [0.1, 0.15) is 24.9 Å². The number of hydrogen-bond acceptors (Lipinski definition) is 2. The molecule has 0 aliphatic carbocycles. The molecule has 15 heavy (non-hydrogen) atoms. The van der Waals surface area contributed by atoms with E-state index in [2.05, 4.69) is 24.9 Å². The van der Waals surface area contributed by atoms with Crippen LogP contribution in [0.5, 0.6) is 0 Å². The van der Waals surface area contributed by atoms with Gasteiger partial charge in [0.1, 0.15) is 0 Å². The van der Waals surface area contributed by atoms with Crippen LogP contribution in [-0.2, 0) is 0 Å². The topological polar surface area (TPSA) is 29.3 Å². The van der Waals surface area contributed by atoms with E-state index in [1.165, 1.54) is 5.56 Å². The zero-order chi connectivity index (χ0) is 11.3. The third-order valence-electron chi connectivity index (χ3n) is 2.57. The molecule has 2 N–H and O–H groups in total. The summed E-state index contributed by atoms with van der Waals surface area (Å²) in [7, 11) is 2.10. The normalized spacial score (nSPS) is 13.1. The molecule has 3 heteroatoms. The lowest BCUT2D eigenvalue weighted by Gasteiger charge is -2.27. The van der Waals surface area contributed by atoms with Gasteiger partial charge in [-0.1, -0.05) is 30.7 Å². The van der Waals surface area contributed by atoms with Gasteiger partial charge in [-0.3, -0.25) is 4.90 Å². The maximum atomic E-state index is 5.97. The zero-order valence-electron chi connectivity index (χ0n) is 9.41. The lowest BCUT2D eigenvalue weighted by atomic mass is 10.1. The van der Waals surface area contributed by atoms with Crippen molar-refractivity contribution in [3.8, 4) is 0 Å². The van der Waals surface area contributed by atoms with Gasteiger partial charge >= 0.3 is 0 Å². The molecule has 0 heterocycles. The van der Waals surface area contributed by atoms with Gasteiger partial charge in [0.25, 0.3) is 0 Å². The van der Waals surface area contributed by atoms with Crippen molar-refractivity contribution in [1.82, 2.24) is 4.90 Å². The van der Waals surface area contributed by atoms with Crippen molar-refractivity contribution < 1.29 is 0 Å². The second-order valence-electron chi connectivity index (χ2n) is 3.79. The van der Waals surface area contributed by atoms with E-state index in [-0.39, 0.29) is 6.04 Å². The van der Waals surface area contributed by atoms with Crippen LogP contribution in [0, 0.1) is 0 Å². The Labute approximate surface area is 97.0 Å². The highest BCUT2D eigenvalue weighted by molar-refractivity contribution is 6.30. The van der Waals surface area contributed by atoms with E-state index >= 15 is 0 Å². The van der Waals surface area contributed by atoms with Crippen molar-refractivity contribution in [1.29, 1.82) is 0 Å². The fourth-order valence-electron chi connectivity index (χ4n) is 1.79. The van der Waals surface area contributed by atoms with E-state index in [0.29, 0.717) is 6.54 Å². The molecule has 1 aromatic carbocycles. The average Bonchev–Trinajstić information content (AvgIpc) is 2.19. The molecule has 1 atom stereocenters. The van der Waals surface area contributed by atoms with Gasteiger partial charge in [-0.05, 0) is 37.7 Å². The predicted molar refractivity (Wildman–Crippen MR) is 66.2 cm³/mol. The molecule has 1 rings (SSSR count). The number of benzene rings is 1. The van der Waals surface area contributed by atoms with Gasteiger partial charge in [0.2, 0.25) is 0 Å². The molecule has 0 saturated carbocycles. The summed E-state index contributed by atoms with van der Waals surface area (Å²) in [6.45, 7) is 3.84. The minimum atomic E-state index is 0.267. The highest BCUT2D eigenvalue weighted by atomic mass is 35.5. The van der Waals surface area contributed by atoms with Crippen molar-refractivity contribution in [2.24, 2.45) is 5.73 Å². The molecule has 0 spiro atoms. The van der Waals surface area contributed by atoms with Crippen LogP contribution in [0.25, 0.3) is 0 Å². The van der Waals surface area contributed by atoms with Crippen LogP contribution < -0.4 is 5.73 Å². The van der Waals surface area contributed by atoms with E-state index in [4.69, 9.17) is 17.3 Å². The summed E-state index contributed by atoms with van der Waals surface area (Å²) in [5, 5.41) is 0.774. The number of rotatable bonds is 5. The number of halogens is 1. The molecule has 84 valence electrons. The van der Waals surface area contributed by atoms with Crippen LogP contribution >= 0.6 is 11.6 Å². The van der Waals surface area contributed by atoms with Crippen LogP contribution in [-0.4, -0.2) is 25.0 Å². The Bertz CT molecular complexity index is 301. The van der Waals surface area contributed by atoms with Gasteiger partial charge in [-0.15, -0.1) is 0 Å². The van der Waals surface area contributed by atoms with Gasteiger partial charge in [-0.2, -0.15) is 0 Å². The van der Waals surface area contributed by atoms with Crippen LogP contribution in [0.15, 0.2) is 24.3 Å². The van der Waals surface area contributed by atoms with Crippen LogP contribution in [0.4, 0.5) is 0 Å². The molecule has 0 saturated heterocycles. The second kappa shape index (κ2) is 6.11. The predicted octanol–water partition coefficient (Wildman–Crippen LogP) is 2.68. The molecule has 1 unspecified atom stereocenters. The van der Waals surface area contributed by atoms with E-state index in [9.17, 15) is 0 Å². The Morgan fingerprint density at radius 1 is 1.47 bits per heavy atom. The molecule has 0 aromatic heterocycles. The smallest absolute Gasteiger partial charge is 0.0467 e. The number of nitrogens with two attached hydrogens (primary N) is 1. The lowest BCUT2D eigenvalue weighted by molar-refractivity contribution is 0.251. The molecule has 0 radical (unpaired) electrons. The van der Waals surface area contributed by atoms with Crippen molar-refractivity contribution in [2.75, 3.05) is 20.1 Å². The summed E-state index contributed by atoms with van der Waals surface area (Å²) in [5.41, 5.74) is 7.00. The largest absolute Gasteiger partial charge is 0.329 e. The van der Waals surface area contributed by atoms with Gasteiger partial charge in [0.15, 0.2) is 0 Å². The van der Waals surface area contributed by atoms with E-state index in [1.807, 2.05) is 18.2 Å². The van der Waals surface area contributed by atoms with Crippen molar-refractivity contribution >= 4 is 11.6 Å². The molecule has 0 aliphatic heterocycles. The van der Waals surface area contributed by atoms with Crippen molar-refractivity contribution in [3.05, 3.63) is 34.9 Å². The van der Waals surface area contributed by atoms with Crippen LogP contribution in [0.2, 0.25) is 5.02 Å². The van der Waals surface area contributed by atoms with E-state index in [1.54, 1.807) is 0 Å². The fraction of sp³-hybridized carbons (Fsp3) is 0.500. The quantitative estimate of drug-likeness (QED) is 0.837. The SMILES string of the molecule is CCCN(C)C(CN)c1cccc(Cl)c1. The van der Waals surface area contributed by atoms with E-state index < -0.39 is 0 Å². The Balaban J connectivity index is 2.82. The molecule has 1 aromatic rings. The standard InChI is InChI=1S/C12H19ClN2/c1-3-7-15(2)12(9-14)10-5-4-6-11(13)8-10/h4-6,8,12H,3,7,9,14H2,1-2H3. The maximum Gasteiger partial charge on any atom is 0.0467 e. The Morgan fingerprint density at radius 2 is 2.20 bits per heavy atom. The molecule has 0 amide bonds. The molecular formula is C12H19ClN2. The van der Waals surface area contributed by atoms with Crippen LogP contribution in [0.3, 0.4) is 0 Å². The monoisotopic (exact) mass is 226 g/mol. The first-order valence-electron chi connectivity index (χ1n) is 5.34. The van der Waals surface area contributed by atoms with Gasteiger partial charge in [0, 0.05) is 17.6 Å². The zero-order valence-corrected chi connectivity index (χ0v) is 10.2. The molecule has 0 bridgehead atoms. The lowest BCUT2D eigenvalue weighted by Crippen LogP contribution is -2.31. The highest BCUT2D eigenvalue weighted by Crippen LogP contribution is 2.21. The number of nitrogens with zero attached hydrogens (tertiary/aromatic N) is 1. The molecular weight excluding hydrogens is 208 g/mol. The summed E-state index contributed by atoms with van der Waals surface area (Å²) in [5.74, 6) is 0. The first kappa shape index (κ1) is 12.5. The minimum absolute atomic E-state index is 0.267. The Hall–Kier alpha value is -0.570. The summed E-state index contributed by atoms with van der Waals surface area (Å²) < 4.78 is 0. The Kier molecular flexibility index (Phi) is 5.09. The molecule has 2 nitrogen and oxygen atoms in total. The first-order chi connectivity index (χ1) is 7.19. The van der Waals surface area contributed by atoms with Crippen molar-refractivity contribution in [3.63, 3.8) is 0 Å². The summed E-state index contributed by atoms with van der Waals surface area (Å²) in [4.78, 5) is 2.27. The van der Waals surface area contributed by atoms with Gasteiger partial charge in [0.05, 0.1) is 0 Å². The molecule has 0 fully saturated rings. The third kappa shape index (κ3) is 3.49. The van der Waals surface area contributed by atoms with Gasteiger partial charge < -0.3 is 5.73 Å². The third-order valence-corrected chi connectivity index (χ3v) is 2.80. The number of likely N-dealkylation sites (N-methyl/N-ethyl adjacent to an activating group) is 1.